The van der Waals surface area contributed by atoms with Crippen molar-refractivity contribution in [3.8, 4) is 0 Å². The van der Waals surface area contributed by atoms with Gasteiger partial charge in [0.15, 0.2) is 0 Å². The molecule has 378 valence electrons. The van der Waals surface area contributed by atoms with E-state index in [9.17, 15) is 28.8 Å². The largest absolute Gasteiger partial charge is 0.445 e. The molecule has 6 rings (SSSR count). The summed E-state index contributed by atoms with van der Waals surface area (Å²) >= 11 is 6.30. The zero-order valence-corrected chi connectivity index (χ0v) is 41.6. The predicted octanol–water partition coefficient (Wildman–Crippen LogP) is 5.68. The summed E-state index contributed by atoms with van der Waals surface area (Å²) < 4.78 is 23.1. The number of hydrogen-bond donors (Lipinski definition) is 4. The number of H-pyrrole nitrogens is 1. The number of piperazine rings is 1. The molecule has 2 aliphatic heterocycles. The summed E-state index contributed by atoms with van der Waals surface area (Å²) in [4.78, 5) is 97.5. The van der Waals surface area contributed by atoms with Crippen molar-refractivity contribution < 1.29 is 47.4 Å². The number of hydrogen-bond acceptors (Lipinski definition) is 13. The van der Waals surface area contributed by atoms with Gasteiger partial charge in [0.2, 0.25) is 29.5 Å². The van der Waals surface area contributed by atoms with E-state index in [-0.39, 0.29) is 89.3 Å². The first-order valence-electron chi connectivity index (χ1n) is 23.5. The number of nitrogens with zero attached hydrogens (tertiary/aromatic N) is 6. The smallest absolute Gasteiger partial charge is 0.410 e. The van der Waals surface area contributed by atoms with Crippen molar-refractivity contribution in [2.75, 3.05) is 75.4 Å². The first kappa shape index (κ1) is 52.7. The van der Waals surface area contributed by atoms with Crippen LogP contribution in [0.25, 0.3) is 11.0 Å². The van der Waals surface area contributed by atoms with Crippen molar-refractivity contribution in [1.82, 2.24) is 40.7 Å². The van der Waals surface area contributed by atoms with Gasteiger partial charge < -0.3 is 54.3 Å². The molecule has 6 amide bonds. The van der Waals surface area contributed by atoms with E-state index in [2.05, 4.69) is 42.4 Å². The number of alkyl carbamates (subject to hydrolysis) is 1. The Labute approximate surface area is 412 Å². The Morgan fingerprint density at radius 2 is 1.67 bits per heavy atom. The average Bonchev–Trinajstić information content (AvgIpc) is 3.99. The van der Waals surface area contributed by atoms with Gasteiger partial charge in [0.25, 0.3) is 0 Å². The van der Waals surface area contributed by atoms with Crippen LogP contribution in [0, 0.1) is 0 Å². The predicted molar refractivity (Wildman–Crippen MR) is 262 cm³/mol. The molecule has 1 atom stereocenters. The third-order valence-electron chi connectivity index (χ3n) is 11.6. The third-order valence-corrected chi connectivity index (χ3v) is 11.9. The fraction of sp³-hybridized carbons (Fsp3) is 0.510. The number of anilines is 2. The summed E-state index contributed by atoms with van der Waals surface area (Å²) in [6.45, 7) is 16.2. The van der Waals surface area contributed by atoms with Crippen LogP contribution in [0.15, 0.2) is 72.1 Å². The number of ether oxygens (including phenoxy) is 3. The van der Waals surface area contributed by atoms with Crippen LogP contribution >= 0.6 is 11.6 Å². The van der Waals surface area contributed by atoms with Gasteiger partial charge in [-0.2, -0.15) is 0 Å². The third kappa shape index (κ3) is 14.7. The van der Waals surface area contributed by atoms with E-state index in [1.165, 1.54) is 27.1 Å². The Bertz CT molecular complexity index is 2470. The van der Waals surface area contributed by atoms with Crippen LogP contribution in [0.5, 0.6) is 0 Å². The number of aromatic nitrogens is 3. The molecule has 5 heterocycles. The molecule has 2 saturated heterocycles. The van der Waals surface area contributed by atoms with Gasteiger partial charge >= 0.3 is 12.2 Å². The number of rotatable bonds is 19. The fourth-order valence-corrected chi connectivity index (χ4v) is 8.20. The number of aromatic amines is 1. The highest BCUT2D eigenvalue weighted by atomic mass is 35.5. The lowest BCUT2D eigenvalue weighted by atomic mass is 9.85. The number of amides is 6. The molecule has 2 aliphatic rings. The number of carbonyl (C=O) groups excluding carboxylic acids is 6. The Balaban J connectivity index is 1.04. The van der Waals surface area contributed by atoms with Gasteiger partial charge in [-0.25, -0.2) is 19.6 Å². The van der Waals surface area contributed by atoms with Crippen LogP contribution in [0.4, 0.5) is 21.3 Å². The van der Waals surface area contributed by atoms with E-state index >= 15 is 0 Å². The molecule has 0 saturated carbocycles. The van der Waals surface area contributed by atoms with Crippen LogP contribution in [0.3, 0.4) is 0 Å². The number of piperidine rings is 1. The maximum absolute atomic E-state index is 14.8. The highest BCUT2D eigenvalue weighted by molar-refractivity contribution is 6.30. The highest BCUT2D eigenvalue weighted by Crippen LogP contribution is 2.32. The monoisotopic (exact) mass is 988 g/mol. The average molecular weight is 990 g/mol. The van der Waals surface area contributed by atoms with E-state index in [4.69, 9.17) is 30.2 Å². The molecule has 0 bridgehead atoms. The van der Waals surface area contributed by atoms with Crippen molar-refractivity contribution in [3.05, 3.63) is 84.0 Å². The minimum atomic E-state index is -1.36. The molecule has 0 aliphatic carbocycles. The van der Waals surface area contributed by atoms with Crippen molar-refractivity contribution in [2.24, 2.45) is 0 Å². The molecule has 0 radical (unpaired) electrons. The van der Waals surface area contributed by atoms with Crippen molar-refractivity contribution in [2.45, 2.75) is 96.4 Å². The second-order valence-electron chi connectivity index (χ2n) is 19.2. The van der Waals surface area contributed by atoms with Gasteiger partial charge in [-0.05, 0) is 96.7 Å². The standard InChI is InChI=1S/C49H65ClN10O10/c1-8-39(62)59-26-27-60(40(63)31-59)41-16-14-35(68-41)13-15-38(61)51-22-29-67-30-28-58(46(66)70-48(5,6)7)23-18-37(33-9-11-34(50)12-10-33)55-44(64)49(56-45(65)69-47(2,3)4)19-24-57(25-20-49)43-36-17-21-52-42(36)53-32-54-43/h8-12,14,16-17,21,32,37H,1,13,15,18-20,22-31H2,2-7H3,(H,51,61)(H,55,64)(H,56,65)(H,52,53,54)/t37-/m0/s1. The van der Waals surface area contributed by atoms with Crippen molar-refractivity contribution >= 4 is 70.2 Å². The molecule has 21 heteroatoms. The first-order chi connectivity index (χ1) is 33.2. The molecule has 3 aromatic heterocycles. The van der Waals surface area contributed by atoms with E-state index < -0.39 is 40.9 Å². The van der Waals surface area contributed by atoms with Crippen LogP contribution in [0.2, 0.25) is 5.02 Å². The maximum atomic E-state index is 14.8. The number of nitrogens with one attached hydrogen (secondary N) is 4. The summed E-state index contributed by atoms with van der Waals surface area (Å²) in [7, 11) is 0. The topological polar surface area (TPSA) is 234 Å². The van der Waals surface area contributed by atoms with Crippen LogP contribution in [-0.2, 0) is 39.8 Å². The second-order valence-corrected chi connectivity index (χ2v) is 19.6. The van der Waals surface area contributed by atoms with E-state index in [1.54, 1.807) is 72.0 Å². The van der Waals surface area contributed by atoms with Crippen LogP contribution in [0.1, 0.15) is 84.6 Å². The summed E-state index contributed by atoms with van der Waals surface area (Å²) in [5, 5.41) is 10.3. The molecule has 70 heavy (non-hydrogen) atoms. The SMILES string of the molecule is C=CC(=O)N1CCN(c2ccc(CCC(=O)NCCOCCN(CC[C@H](NC(=O)C3(NC(=O)OC(C)(C)C)CCN(c4ncnc5[nH]ccc45)CC3)c3ccc(Cl)cc3)C(=O)OC(C)(C)C)o2)C(=O)C1. The van der Waals surface area contributed by atoms with E-state index in [0.29, 0.717) is 48.4 Å². The number of halogens is 1. The molecule has 0 unspecified atom stereocenters. The molecule has 20 nitrogen and oxygen atoms in total. The summed E-state index contributed by atoms with van der Waals surface area (Å²) in [5.41, 5.74) is -1.55. The molecular weight excluding hydrogens is 924 g/mol. The van der Waals surface area contributed by atoms with Crippen LogP contribution in [-0.4, -0.2) is 143 Å². The van der Waals surface area contributed by atoms with Crippen molar-refractivity contribution in [1.29, 1.82) is 0 Å². The van der Waals surface area contributed by atoms with Gasteiger partial charge in [-0.1, -0.05) is 30.3 Å². The lowest BCUT2D eigenvalue weighted by Gasteiger charge is -2.42. The van der Waals surface area contributed by atoms with Gasteiger partial charge in [-0.15, -0.1) is 0 Å². The molecule has 2 fully saturated rings. The quantitative estimate of drug-likeness (QED) is 0.0655. The lowest BCUT2D eigenvalue weighted by Crippen LogP contribution is -2.64. The zero-order chi connectivity index (χ0) is 50.6. The second kappa shape index (κ2) is 23.3. The van der Waals surface area contributed by atoms with Crippen molar-refractivity contribution in [3.63, 3.8) is 0 Å². The first-order valence-corrected chi connectivity index (χ1v) is 23.8. The lowest BCUT2D eigenvalue weighted by molar-refractivity contribution is -0.133. The summed E-state index contributed by atoms with van der Waals surface area (Å²) in [6.07, 6.45) is 4.33. The number of fused-ring (bicyclic) bond motifs is 1. The molecule has 4 N–H and O–H groups in total. The van der Waals surface area contributed by atoms with Gasteiger partial charge in [0, 0.05) is 75.9 Å². The van der Waals surface area contributed by atoms with Gasteiger partial charge in [0.05, 0.1) is 24.6 Å². The Morgan fingerprint density at radius 1 is 0.943 bits per heavy atom. The number of furan rings is 1. The minimum absolute atomic E-state index is 0.0705. The summed E-state index contributed by atoms with van der Waals surface area (Å²) in [5.74, 6) is 0.396. The fourth-order valence-electron chi connectivity index (χ4n) is 8.07. The van der Waals surface area contributed by atoms with Gasteiger partial charge in [-0.3, -0.25) is 24.1 Å². The minimum Gasteiger partial charge on any atom is -0.445 e. The molecule has 0 spiro atoms. The highest BCUT2D eigenvalue weighted by Gasteiger charge is 2.45. The maximum Gasteiger partial charge on any atom is 0.410 e. The molecule has 4 aromatic rings. The summed E-state index contributed by atoms with van der Waals surface area (Å²) in [6, 6.07) is 11.7. The number of aryl methyl sites for hydroxylation is 1. The Hall–Kier alpha value is -6.67. The molecular formula is C49H65ClN10O10. The Kier molecular flexibility index (Phi) is 17.5. The molecule has 1 aromatic carbocycles. The number of benzene rings is 1. The number of carbonyl (C=O) groups is 6. The normalized spacial score (nSPS) is 15.5. The zero-order valence-electron chi connectivity index (χ0n) is 40.8. The van der Waals surface area contributed by atoms with E-state index in [0.717, 1.165) is 16.8 Å². The van der Waals surface area contributed by atoms with Gasteiger partial charge in [0.1, 0.15) is 46.8 Å². The van der Waals surface area contributed by atoms with Crippen LogP contribution < -0.4 is 25.8 Å². The van der Waals surface area contributed by atoms with E-state index in [1.807, 2.05) is 18.2 Å². The Morgan fingerprint density at radius 3 is 2.36 bits per heavy atom.